The number of nitrogens with zero attached hydrogens (tertiary/aromatic N) is 1. The fraction of sp³-hybridized carbons (Fsp3) is 0.500. The number of hydrogen-bond acceptors (Lipinski definition) is 3. The van der Waals surface area contributed by atoms with E-state index in [1.54, 1.807) is 6.92 Å². The van der Waals surface area contributed by atoms with Gasteiger partial charge in [0.25, 0.3) is 0 Å². The molecule has 0 spiro atoms. The number of benzene rings is 1. The number of aromatic nitrogens is 1. The predicted molar refractivity (Wildman–Crippen MR) is 68.1 cm³/mol. The third-order valence-electron chi connectivity index (χ3n) is 2.62. The lowest BCUT2D eigenvalue weighted by Gasteiger charge is -2.11. The molecule has 1 heterocycles. The zero-order valence-corrected chi connectivity index (χ0v) is 10.8. The molecule has 1 unspecified atom stereocenters. The largest absolute Gasteiger partial charge is 0.440 e. The van der Waals surface area contributed by atoms with Crippen LogP contribution in [0.3, 0.4) is 0 Å². The normalized spacial score (nSPS) is 14.2. The van der Waals surface area contributed by atoms with Crippen molar-refractivity contribution in [3.63, 3.8) is 0 Å². The molecule has 1 N–H and O–H groups in total. The molecule has 0 saturated heterocycles. The van der Waals surface area contributed by atoms with Crippen LogP contribution in [0, 0.1) is 0 Å². The van der Waals surface area contributed by atoms with Gasteiger partial charge in [-0.2, -0.15) is 0 Å². The van der Waals surface area contributed by atoms with Crippen LogP contribution >= 0.6 is 0 Å². The van der Waals surface area contributed by atoms with Gasteiger partial charge in [0.15, 0.2) is 5.58 Å². The molecule has 3 heteroatoms. The van der Waals surface area contributed by atoms with Crippen molar-refractivity contribution in [2.75, 3.05) is 0 Å². The minimum atomic E-state index is -0.332. The molecule has 0 aliphatic heterocycles. The van der Waals surface area contributed by atoms with Gasteiger partial charge in [0.05, 0.1) is 6.10 Å². The van der Waals surface area contributed by atoms with Crippen molar-refractivity contribution in [3.8, 4) is 0 Å². The summed E-state index contributed by atoms with van der Waals surface area (Å²) >= 11 is 0. The van der Waals surface area contributed by atoms with Crippen LogP contribution in [0.1, 0.15) is 39.1 Å². The van der Waals surface area contributed by atoms with Crippen molar-refractivity contribution in [2.24, 2.45) is 0 Å². The molecular formula is C14H19NO2. The average Bonchev–Trinajstić information content (AvgIpc) is 2.58. The molecule has 1 aromatic heterocycles. The molecule has 0 saturated carbocycles. The molecule has 0 aliphatic carbocycles. The smallest absolute Gasteiger partial charge is 0.200 e. The first kappa shape index (κ1) is 12.1. The maximum Gasteiger partial charge on any atom is 0.200 e. The molecule has 2 aromatic rings. The highest BCUT2D eigenvalue weighted by Crippen LogP contribution is 2.26. The number of oxazole rings is 1. The summed E-state index contributed by atoms with van der Waals surface area (Å²) in [5.74, 6) is 0.752. The lowest BCUT2D eigenvalue weighted by atomic mass is 9.97. The van der Waals surface area contributed by atoms with Crippen LogP contribution in [0.4, 0.5) is 0 Å². The van der Waals surface area contributed by atoms with Gasteiger partial charge < -0.3 is 9.52 Å². The first-order valence-corrected chi connectivity index (χ1v) is 5.94. The number of rotatable bonds is 2. The summed E-state index contributed by atoms with van der Waals surface area (Å²) in [6.07, 6.45) is 0.314. The average molecular weight is 233 g/mol. The van der Waals surface area contributed by atoms with Crippen LogP contribution in [0.2, 0.25) is 0 Å². The molecule has 1 atom stereocenters. The summed E-state index contributed by atoms with van der Waals surface area (Å²) in [7, 11) is 0. The van der Waals surface area contributed by atoms with E-state index in [-0.39, 0.29) is 11.5 Å². The van der Waals surface area contributed by atoms with Crippen molar-refractivity contribution < 1.29 is 9.52 Å². The molecule has 0 fully saturated rings. The van der Waals surface area contributed by atoms with E-state index in [1.807, 2.05) is 18.2 Å². The predicted octanol–water partition coefficient (Wildman–Crippen LogP) is 3.05. The van der Waals surface area contributed by atoms with Crippen LogP contribution in [-0.2, 0) is 11.8 Å². The van der Waals surface area contributed by atoms with E-state index in [1.165, 1.54) is 0 Å². The molecule has 3 nitrogen and oxygen atoms in total. The van der Waals surface area contributed by atoms with Gasteiger partial charge >= 0.3 is 0 Å². The summed E-state index contributed by atoms with van der Waals surface area (Å²) in [6, 6.07) is 5.89. The van der Waals surface area contributed by atoms with Crippen molar-refractivity contribution in [3.05, 3.63) is 29.7 Å². The second-order valence-electron chi connectivity index (χ2n) is 5.62. The second kappa shape index (κ2) is 4.15. The third kappa shape index (κ3) is 2.67. The molecule has 17 heavy (non-hydrogen) atoms. The van der Waals surface area contributed by atoms with Gasteiger partial charge in [-0.1, -0.05) is 26.8 Å². The van der Waals surface area contributed by atoms with Gasteiger partial charge in [-0.3, -0.25) is 0 Å². The lowest BCUT2D eigenvalue weighted by molar-refractivity contribution is 0.195. The molecule has 2 rings (SSSR count). The number of aliphatic hydroxyl groups excluding tert-OH is 1. The Morgan fingerprint density at radius 3 is 2.65 bits per heavy atom. The van der Waals surface area contributed by atoms with E-state index in [2.05, 4.69) is 25.8 Å². The Morgan fingerprint density at radius 1 is 1.35 bits per heavy atom. The zero-order chi connectivity index (χ0) is 12.6. The number of aliphatic hydroxyl groups is 1. The monoisotopic (exact) mass is 233 g/mol. The van der Waals surface area contributed by atoms with Crippen molar-refractivity contribution in [1.82, 2.24) is 4.98 Å². The first-order chi connectivity index (χ1) is 7.86. The number of hydrogen-bond donors (Lipinski definition) is 1. The summed E-state index contributed by atoms with van der Waals surface area (Å²) in [6.45, 7) is 8.02. The quantitative estimate of drug-likeness (QED) is 0.867. The first-order valence-electron chi connectivity index (χ1n) is 5.94. The van der Waals surface area contributed by atoms with E-state index >= 15 is 0 Å². The highest BCUT2D eigenvalue weighted by Gasteiger charge is 2.20. The topological polar surface area (TPSA) is 46.3 Å². The zero-order valence-electron chi connectivity index (χ0n) is 10.8. The van der Waals surface area contributed by atoms with Crippen molar-refractivity contribution in [2.45, 2.75) is 45.6 Å². The summed E-state index contributed by atoms with van der Waals surface area (Å²) in [4.78, 5) is 4.50. The van der Waals surface area contributed by atoms with Gasteiger partial charge in [-0.05, 0) is 31.0 Å². The Labute approximate surface area is 101 Å². The van der Waals surface area contributed by atoms with Gasteiger partial charge in [-0.25, -0.2) is 4.98 Å². The van der Waals surface area contributed by atoms with Crippen LogP contribution < -0.4 is 0 Å². The summed E-state index contributed by atoms with van der Waals surface area (Å²) in [5.41, 5.74) is 2.68. The SMILES string of the molecule is CC(O)Cc1ccc2oc(C(C)(C)C)nc2c1. The number of fused-ring (bicyclic) bond motifs is 1. The van der Waals surface area contributed by atoms with E-state index in [4.69, 9.17) is 4.42 Å². The Bertz CT molecular complexity index is 520. The fourth-order valence-corrected chi connectivity index (χ4v) is 1.76. The van der Waals surface area contributed by atoms with Crippen LogP contribution in [0.15, 0.2) is 22.6 Å². The Balaban J connectivity index is 2.41. The molecule has 0 amide bonds. The maximum absolute atomic E-state index is 9.37. The van der Waals surface area contributed by atoms with Crippen LogP contribution in [0.25, 0.3) is 11.1 Å². The van der Waals surface area contributed by atoms with Gasteiger partial charge in [0, 0.05) is 5.41 Å². The molecule has 92 valence electrons. The summed E-state index contributed by atoms with van der Waals surface area (Å²) in [5, 5.41) is 9.37. The van der Waals surface area contributed by atoms with Crippen LogP contribution in [-0.4, -0.2) is 16.2 Å². The Hall–Kier alpha value is -1.35. The summed E-state index contributed by atoms with van der Waals surface area (Å²) < 4.78 is 5.72. The molecular weight excluding hydrogens is 214 g/mol. The molecule has 0 radical (unpaired) electrons. The second-order valence-corrected chi connectivity index (χ2v) is 5.62. The van der Waals surface area contributed by atoms with E-state index in [9.17, 15) is 5.11 Å². The van der Waals surface area contributed by atoms with Gasteiger partial charge in [-0.15, -0.1) is 0 Å². The van der Waals surface area contributed by atoms with E-state index < -0.39 is 0 Å². The Morgan fingerprint density at radius 2 is 2.06 bits per heavy atom. The highest BCUT2D eigenvalue weighted by atomic mass is 16.3. The standard InChI is InChI=1S/C14H19NO2/c1-9(16)7-10-5-6-12-11(8-10)15-13(17-12)14(2,3)4/h5-6,8-9,16H,7H2,1-4H3. The maximum atomic E-state index is 9.37. The minimum absolute atomic E-state index is 0.0799. The Kier molecular flexibility index (Phi) is 2.96. The van der Waals surface area contributed by atoms with Crippen LogP contribution in [0.5, 0.6) is 0 Å². The van der Waals surface area contributed by atoms with E-state index in [0.717, 1.165) is 22.6 Å². The lowest BCUT2D eigenvalue weighted by Crippen LogP contribution is -2.10. The van der Waals surface area contributed by atoms with Crippen molar-refractivity contribution in [1.29, 1.82) is 0 Å². The fourth-order valence-electron chi connectivity index (χ4n) is 1.76. The van der Waals surface area contributed by atoms with Crippen molar-refractivity contribution >= 4 is 11.1 Å². The molecule has 0 bridgehead atoms. The third-order valence-corrected chi connectivity index (χ3v) is 2.62. The van der Waals surface area contributed by atoms with Gasteiger partial charge in [0.1, 0.15) is 5.52 Å². The molecule has 0 aliphatic rings. The minimum Gasteiger partial charge on any atom is -0.440 e. The molecule has 1 aromatic carbocycles. The van der Waals surface area contributed by atoms with Gasteiger partial charge in [0.2, 0.25) is 5.89 Å². The van der Waals surface area contributed by atoms with E-state index in [0.29, 0.717) is 6.42 Å². The highest BCUT2D eigenvalue weighted by molar-refractivity contribution is 5.73.